The van der Waals surface area contributed by atoms with Crippen molar-refractivity contribution in [2.75, 3.05) is 5.75 Å². The Bertz CT molecular complexity index is 1140. The number of nitrogens with zero attached hydrogens (tertiary/aromatic N) is 1. The van der Waals surface area contributed by atoms with Crippen molar-refractivity contribution in [2.45, 2.75) is 55.7 Å². The third-order valence-corrected chi connectivity index (χ3v) is 9.84. The highest BCUT2D eigenvalue weighted by Crippen LogP contribution is 2.61. The van der Waals surface area contributed by atoms with E-state index in [0.29, 0.717) is 8.91 Å². The number of aromatic amines is 2. The lowest BCUT2D eigenvalue weighted by atomic mass is 9.48. The van der Waals surface area contributed by atoms with Crippen LogP contribution in [0.1, 0.15) is 51.0 Å². The van der Waals surface area contributed by atoms with E-state index in [1.807, 2.05) is 0 Å². The molecule has 2 aromatic rings. The highest BCUT2D eigenvalue weighted by molar-refractivity contribution is 8.02. The second-order valence-corrected chi connectivity index (χ2v) is 11.6. The molecule has 0 aliphatic heterocycles. The molecule has 4 bridgehead atoms. The smallest absolute Gasteiger partial charge is 0.326 e. The van der Waals surface area contributed by atoms with E-state index in [2.05, 4.69) is 28.3 Å². The number of nitriles is 1. The fraction of sp³-hybridized carbons (Fsp3) is 0.619. The second kappa shape index (κ2) is 7.27. The highest BCUT2D eigenvalue weighted by Gasteiger charge is 2.53. The first-order chi connectivity index (χ1) is 14.4. The summed E-state index contributed by atoms with van der Waals surface area (Å²) in [6.45, 7) is 2.15. The van der Waals surface area contributed by atoms with Gasteiger partial charge in [0.1, 0.15) is 16.3 Å². The average molecular weight is 445 g/mol. The first-order valence-electron chi connectivity index (χ1n) is 10.5. The Kier molecular flexibility index (Phi) is 4.82. The minimum atomic E-state index is -0.638. The molecule has 1 atom stereocenters. The van der Waals surface area contributed by atoms with Gasteiger partial charge in [-0.1, -0.05) is 0 Å². The van der Waals surface area contributed by atoms with Crippen LogP contribution >= 0.6 is 23.1 Å². The number of nitrogens with one attached hydrogen (secondary N) is 3. The van der Waals surface area contributed by atoms with Gasteiger partial charge in [0.05, 0.1) is 15.5 Å². The number of hydrogen-bond acceptors (Lipinski definition) is 6. The van der Waals surface area contributed by atoms with Gasteiger partial charge in [0, 0.05) is 6.04 Å². The van der Waals surface area contributed by atoms with Crippen LogP contribution < -0.4 is 16.6 Å². The summed E-state index contributed by atoms with van der Waals surface area (Å²) >= 11 is 2.39. The molecule has 6 rings (SSSR count). The maximum absolute atomic E-state index is 12.7. The fourth-order valence-corrected chi connectivity index (χ4v) is 8.61. The Morgan fingerprint density at radius 1 is 1.23 bits per heavy atom. The molecule has 158 valence electrons. The first kappa shape index (κ1) is 19.9. The standard InChI is InChI=1S/C21H24N4O3S2/c1-10(21-5-11-2-12(6-21)4-13(3-11)7-21)23-15(26)9-29-19-14(8-22)16-17(30-19)18(27)25-20(28)24-16/h10-13H,2-7,9H2,1H3,(H,23,26)(H2,24,25,27,28)/t10-,11?,12?,13?,21?/m0/s1. The predicted molar refractivity (Wildman–Crippen MR) is 117 cm³/mol. The summed E-state index contributed by atoms with van der Waals surface area (Å²) < 4.78 is 0.883. The van der Waals surface area contributed by atoms with Crippen LogP contribution in [0.25, 0.3) is 10.2 Å². The lowest BCUT2D eigenvalue weighted by Gasteiger charge is -2.59. The number of H-pyrrole nitrogens is 2. The van der Waals surface area contributed by atoms with Crippen LogP contribution in [0.2, 0.25) is 0 Å². The van der Waals surface area contributed by atoms with E-state index in [1.165, 1.54) is 50.3 Å². The van der Waals surface area contributed by atoms with Gasteiger partial charge >= 0.3 is 5.69 Å². The van der Waals surface area contributed by atoms with Crippen molar-refractivity contribution < 1.29 is 4.79 Å². The molecule has 0 aromatic carbocycles. The monoisotopic (exact) mass is 444 g/mol. The van der Waals surface area contributed by atoms with Crippen LogP contribution in [0.3, 0.4) is 0 Å². The maximum atomic E-state index is 12.7. The van der Waals surface area contributed by atoms with Gasteiger partial charge in [-0.25, -0.2) is 4.79 Å². The van der Waals surface area contributed by atoms with Crippen molar-refractivity contribution in [2.24, 2.45) is 23.2 Å². The number of carbonyl (C=O) groups excluding carboxylic acids is 1. The lowest BCUT2D eigenvalue weighted by Crippen LogP contribution is -2.56. The van der Waals surface area contributed by atoms with Crippen LogP contribution in [0.5, 0.6) is 0 Å². The van der Waals surface area contributed by atoms with Crippen molar-refractivity contribution in [1.82, 2.24) is 15.3 Å². The molecule has 3 N–H and O–H groups in total. The molecule has 4 aliphatic carbocycles. The highest BCUT2D eigenvalue weighted by atomic mass is 32.2. The van der Waals surface area contributed by atoms with E-state index in [-0.39, 0.29) is 34.2 Å². The molecule has 0 unspecified atom stereocenters. The molecule has 0 radical (unpaired) electrons. The van der Waals surface area contributed by atoms with Crippen LogP contribution in [0.4, 0.5) is 0 Å². The Morgan fingerprint density at radius 3 is 2.47 bits per heavy atom. The average Bonchev–Trinajstić information content (AvgIpc) is 3.03. The minimum Gasteiger partial charge on any atom is -0.352 e. The Labute approximate surface area is 181 Å². The van der Waals surface area contributed by atoms with Crippen LogP contribution in [0.15, 0.2) is 13.8 Å². The molecule has 7 nitrogen and oxygen atoms in total. The molecule has 1 amide bonds. The molecule has 0 spiro atoms. The van der Waals surface area contributed by atoms with Gasteiger partial charge in [-0.05, 0) is 68.6 Å². The van der Waals surface area contributed by atoms with Gasteiger partial charge in [-0.15, -0.1) is 23.1 Å². The summed E-state index contributed by atoms with van der Waals surface area (Å²) in [5, 5.41) is 12.7. The zero-order chi connectivity index (χ0) is 21.0. The molecular formula is C21H24N4O3S2. The van der Waals surface area contributed by atoms with E-state index < -0.39 is 11.2 Å². The second-order valence-electron chi connectivity index (χ2n) is 9.35. The van der Waals surface area contributed by atoms with Crippen molar-refractivity contribution in [3.63, 3.8) is 0 Å². The summed E-state index contributed by atoms with van der Waals surface area (Å²) in [4.78, 5) is 41.0. The van der Waals surface area contributed by atoms with Crippen molar-refractivity contribution >= 4 is 39.2 Å². The zero-order valence-corrected chi connectivity index (χ0v) is 18.4. The number of thiophene rings is 1. The number of thioether (sulfide) groups is 1. The minimum absolute atomic E-state index is 0.0491. The van der Waals surface area contributed by atoms with Crippen molar-refractivity contribution in [3.05, 3.63) is 26.4 Å². The fourth-order valence-electron chi connectivity index (χ4n) is 6.47. The van der Waals surface area contributed by atoms with Gasteiger partial charge in [-0.3, -0.25) is 14.6 Å². The van der Waals surface area contributed by atoms with E-state index in [0.717, 1.165) is 29.1 Å². The summed E-state index contributed by atoms with van der Waals surface area (Å²) in [7, 11) is 0. The van der Waals surface area contributed by atoms with Gasteiger partial charge in [0.25, 0.3) is 5.56 Å². The zero-order valence-electron chi connectivity index (χ0n) is 16.7. The molecule has 9 heteroatoms. The van der Waals surface area contributed by atoms with E-state index in [4.69, 9.17) is 0 Å². The molecule has 4 aliphatic rings. The lowest BCUT2D eigenvalue weighted by molar-refractivity contribution is -0.123. The third kappa shape index (κ3) is 3.30. The number of hydrogen-bond donors (Lipinski definition) is 3. The summed E-state index contributed by atoms with van der Waals surface area (Å²) in [5.41, 5.74) is -0.397. The number of fused-ring (bicyclic) bond motifs is 1. The van der Waals surface area contributed by atoms with Crippen LogP contribution in [-0.2, 0) is 4.79 Å². The van der Waals surface area contributed by atoms with Gasteiger partial charge in [-0.2, -0.15) is 5.26 Å². The van der Waals surface area contributed by atoms with E-state index >= 15 is 0 Å². The number of rotatable bonds is 5. The number of amides is 1. The number of aromatic nitrogens is 2. The summed E-state index contributed by atoms with van der Waals surface area (Å²) in [5.74, 6) is 2.64. The van der Waals surface area contributed by atoms with Gasteiger partial charge < -0.3 is 10.3 Å². The molecule has 0 saturated heterocycles. The first-order valence-corrected chi connectivity index (χ1v) is 12.3. The van der Waals surface area contributed by atoms with Crippen LogP contribution in [-0.4, -0.2) is 27.7 Å². The molecule has 2 aromatic heterocycles. The van der Waals surface area contributed by atoms with Gasteiger partial charge in [0.15, 0.2) is 0 Å². The maximum Gasteiger partial charge on any atom is 0.326 e. The summed E-state index contributed by atoms with van der Waals surface area (Å²) in [6.07, 6.45) is 7.83. The van der Waals surface area contributed by atoms with E-state index in [1.54, 1.807) is 0 Å². The number of carbonyl (C=O) groups is 1. The molecule has 4 saturated carbocycles. The van der Waals surface area contributed by atoms with Crippen LogP contribution in [0, 0.1) is 34.5 Å². The normalized spacial score (nSPS) is 30.3. The molecule has 30 heavy (non-hydrogen) atoms. The molecular weight excluding hydrogens is 420 g/mol. The van der Waals surface area contributed by atoms with Crippen molar-refractivity contribution in [1.29, 1.82) is 5.26 Å². The Morgan fingerprint density at radius 2 is 1.87 bits per heavy atom. The van der Waals surface area contributed by atoms with Gasteiger partial charge in [0.2, 0.25) is 5.91 Å². The quantitative estimate of drug-likeness (QED) is 0.613. The Hall–Kier alpha value is -2.05. The topological polar surface area (TPSA) is 119 Å². The van der Waals surface area contributed by atoms with E-state index in [9.17, 15) is 19.6 Å². The predicted octanol–water partition coefficient (Wildman–Crippen LogP) is 2.96. The molecule has 4 fully saturated rings. The molecule has 2 heterocycles. The third-order valence-electron chi connectivity index (χ3n) is 7.38. The largest absolute Gasteiger partial charge is 0.352 e. The van der Waals surface area contributed by atoms with Crippen molar-refractivity contribution in [3.8, 4) is 6.07 Å². The SMILES string of the molecule is C[C@H](NC(=O)CSc1sc2c(=O)[nH]c(=O)[nH]c2c1C#N)C12CC3CC(CC(C3)C1)C2. The summed E-state index contributed by atoms with van der Waals surface area (Å²) in [6, 6.07) is 2.21. The Balaban J connectivity index is 1.28.